The van der Waals surface area contributed by atoms with Crippen LogP contribution in [-0.2, 0) is 14.4 Å². The minimum atomic E-state index is -1.01. The number of hydrogen-bond acceptors (Lipinski definition) is 5. The second-order valence-corrected chi connectivity index (χ2v) is 8.81. The van der Waals surface area contributed by atoms with Gasteiger partial charge in [-0.15, -0.1) is 0 Å². The highest BCUT2D eigenvalue weighted by Crippen LogP contribution is 2.38. The smallest absolute Gasteiger partial charge is 0.272 e. The quantitative estimate of drug-likeness (QED) is 0.543. The molecule has 3 amide bonds. The van der Waals surface area contributed by atoms with Gasteiger partial charge in [-0.25, -0.2) is 4.90 Å². The number of anilines is 3. The van der Waals surface area contributed by atoms with Crippen LogP contribution in [0.25, 0.3) is 0 Å². The van der Waals surface area contributed by atoms with Crippen molar-refractivity contribution < 1.29 is 14.4 Å². The van der Waals surface area contributed by atoms with E-state index in [0.717, 1.165) is 14.9 Å². The zero-order chi connectivity index (χ0) is 23.1. The fourth-order valence-corrected chi connectivity index (χ4v) is 4.34. The molecule has 0 radical (unpaired) electrons. The molecule has 5 rings (SSSR count). The average Bonchev–Trinajstić information content (AvgIpc) is 3.33. The van der Waals surface area contributed by atoms with Crippen LogP contribution < -0.4 is 15.2 Å². The number of benzene rings is 3. The van der Waals surface area contributed by atoms with Crippen LogP contribution in [0.3, 0.4) is 0 Å². The Bertz CT molecular complexity index is 1270. The third kappa shape index (κ3) is 3.72. The summed E-state index contributed by atoms with van der Waals surface area (Å²) in [5.41, 5.74) is 2.73. The molecule has 2 heterocycles. The van der Waals surface area contributed by atoms with Crippen molar-refractivity contribution in [3.8, 4) is 0 Å². The topological polar surface area (TPSA) is 82.1 Å². The number of para-hydroxylation sites is 1. The van der Waals surface area contributed by atoms with Gasteiger partial charge in [0.2, 0.25) is 5.91 Å². The number of halogens is 1. The van der Waals surface area contributed by atoms with E-state index in [-0.39, 0.29) is 5.71 Å². The van der Waals surface area contributed by atoms with Crippen LogP contribution in [0, 0.1) is 12.8 Å². The maximum atomic E-state index is 13.5. The summed E-state index contributed by atoms with van der Waals surface area (Å²) in [5.74, 6) is -2.40. The molecule has 1 N–H and O–H groups in total. The van der Waals surface area contributed by atoms with Crippen LogP contribution in [0.1, 0.15) is 5.56 Å². The SMILES string of the molecule is Cc1ccc(N2N=C(C(=O)Nc3ccccc3)C3C(=O)N(c4ccc(Br)cc4)C(=O)C32)cc1. The van der Waals surface area contributed by atoms with Gasteiger partial charge in [0, 0.05) is 10.2 Å². The molecular formula is C25H19BrN4O3. The Labute approximate surface area is 198 Å². The third-order valence-electron chi connectivity index (χ3n) is 5.70. The number of imide groups is 1. The zero-order valence-corrected chi connectivity index (χ0v) is 19.2. The molecule has 2 unspecified atom stereocenters. The van der Waals surface area contributed by atoms with Crippen molar-refractivity contribution in [2.75, 3.05) is 15.2 Å². The van der Waals surface area contributed by atoms with Crippen molar-refractivity contribution in [1.82, 2.24) is 0 Å². The van der Waals surface area contributed by atoms with Crippen molar-refractivity contribution in [2.24, 2.45) is 11.0 Å². The second-order valence-electron chi connectivity index (χ2n) is 7.90. The van der Waals surface area contributed by atoms with Crippen molar-refractivity contribution >= 4 is 56.4 Å². The predicted molar refractivity (Wildman–Crippen MR) is 130 cm³/mol. The van der Waals surface area contributed by atoms with Gasteiger partial charge in [0.05, 0.1) is 11.4 Å². The molecule has 1 saturated heterocycles. The Morgan fingerprint density at radius 2 is 1.52 bits per heavy atom. The number of carbonyl (C=O) groups is 3. The molecule has 1 fully saturated rings. The van der Waals surface area contributed by atoms with Gasteiger partial charge >= 0.3 is 0 Å². The number of carbonyl (C=O) groups excluding carboxylic acids is 3. The summed E-state index contributed by atoms with van der Waals surface area (Å²) in [5, 5.41) is 8.75. The molecule has 0 bridgehead atoms. The number of aryl methyl sites for hydroxylation is 1. The Morgan fingerprint density at radius 1 is 0.879 bits per heavy atom. The Balaban J connectivity index is 1.55. The lowest BCUT2D eigenvalue weighted by Gasteiger charge is -2.22. The molecule has 3 aromatic carbocycles. The van der Waals surface area contributed by atoms with Gasteiger partial charge < -0.3 is 5.32 Å². The first-order chi connectivity index (χ1) is 15.9. The highest BCUT2D eigenvalue weighted by Gasteiger charge is 2.58. The Hall–Kier alpha value is -3.78. The summed E-state index contributed by atoms with van der Waals surface area (Å²) < 4.78 is 0.830. The van der Waals surface area contributed by atoms with Gasteiger partial charge in [-0.05, 0) is 55.5 Å². The van der Waals surface area contributed by atoms with Crippen molar-refractivity contribution in [1.29, 1.82) is 0 Å². The highest BCUT2D eigenvalue weighted by molar-refractivity contribution is 9.10. The number of amides is 3. The summed E-state index contributed by atoms with van der Waals surface area (Å²) >= 11 is 3.37. The molecule has 2 aliphatic heterocycles. The van der Waals surface area contributed by atoms with Crippen LogP contribution in [0.2, 0.25) is 0 Å². The van der Waals surface area contributed by atoms with Gasteiger partial charge in [0.25, 0.3) is 11.8 Å². The molecule has 33 heavy (non-hydrogen) atoms. The lowest BCUT2D eigenvalue weighted by Crippen LogP contribution is -2.39. The van der Waals surface area contributed by atoms with Gasteiger partial charge in [0.1, 0.15) is 17.7 Å². The fourth-order valence-electron chi connectivity index (χ4n) is 4.07. The van der Waals surface area contributed by atoms with Crippen LogP contribution in [-0.4, -0.2) is 29.5 Å². The number of hydrazone groups is 1. The minimum absolute atomic E-state index is 0.0161. The summed E-state index contributed by atoms with van der Waals surface area (Å²) in [6.45, 7) is 1.96. The normalized spacial score (nSPS) is 19.5. The maximum absolute atomic E-state index is 13.5. The Kier molecular flexibility index (Phi) is 5.30. The number of hydrogen-bond donors (Lipinski definition) is 1. The van der Waals surface area contributed by atoms with Crippen LogP contribution >= 0.6 is 15.9 Å². The average molecular weight is 503 g/mol. The fraction of sp³-hybridized carbons (Fsp3) is 0.120. The Morgan fingerprint density at radius 3 is 2.18 bits per heavy atom. The molecule has 3 aromatic rings. The first-order valence-electron chi connectivity index (χ1n) is 10.4. The van der Waals surface area contributed by atoms with E-state index in [9.17, 15) is 14.4 Å². The summed E-state index contributed by atoms with van der Waals surface area (Å²) in [4.78, 5) is 41.3. The van der Waals surface area contributed by atoms with Gasteiger partial charge in [-0.1, -0.05) is 51.8 Å². The molecular weight excluding hydrogens is 484 g/mol. The zero-order valence-electron chi connectivity index (χ0n) is 17.6. The first-order valence-corrected chi connectivity index (χ1v) is 11.2. The molecule has 2 aliphatic rings. The van der Waals surface area contributed by atoms with Gasteiger partial charge in [-0.2, -0.15) is 5.10 Å². The number of nitrogens with zero attached hydrogens (tertiary/aromatic N) is 3. The minimum Gasteiger partial charge on any atom is -0.321 e. The van der Waals surface area contributed by atoms with E-state index < -0.39 is 29.7 Å². The van der Waals surface area contributed by atoms with E-state index in [1.165, 1.54) is 5.01 Å². The van der Waals surface area contributed by atoms with Crippen LogP contribution in [0.15, 0.2) is 88.4 Å². The number of fused-ring (bicyclic) bond motifs is 1. The summed E-state index contributed by atoms with van der Waals surface area (Å²) in [6, 6.07) is 22.4. The number of nitrogens with one attached hydrogen (secondary N) is 1. The first kappa shape index (κ1) is 21.1. The van der Waals surface area contributed by atoms with Crippen molar-refractivity contribution in [3.63, 3.8) is 0 Å². The summed E-state index contributed by atoms with van der Waals surface area (Å²) in [7, 11) is 0. The van der Waals surface area contributed by atoms with Crippen molar-refractivity contribution in [3.05, 3.63) is 88.9 Å². The van der Waals surface area contributed by atoms with E-state index in [0.29, 0.717) is 17.1 Å². The lowest BCUT2D eigenvalue weighted by molar-refractivity contribution is -0.122. The van der Waals surface area contributed by atoms with Gasteiger partial charge in [0.15, 0.2) is 0 Å². The van der Waals surface area contributed by atoms with E-state index in [1.807, 2.05) is 37.3 Å². The van der Waals surface area contributed by atoms with Gasteiger partial charge in [-0.3, -0.25) is 19.4 Å². The van der Waals surface area contributed by atoms with E-state index in [4.69, 9.17) is 0 Å². The molecule has 8 heteroatoms. The van der Waals surface area contributed by atoms with Crippen LogP contribution in [0.5, 0.6) is 0 Å². The third-order valence-corrected chi connectivity index (χ3v) is 6.23. The predicted octanol–water partition coefficient (Wildman–Crippen LogP) is 4.13. The standard InChI is InChI=1S/C25H19BrN4O3/c1-15-7-11-19(12-8-15)30-22-20(21(28-30)23(31)27-17-5-3-2-4-6-17)24(32)29(25(22)33)18-13-9-16(26)10-14-18/h2-14,20,22H,1H3,(H,27,31). The largest absolute Gasteiger partial charge is 0.321 e. The van der Waals surface area contributed by atoms with Crippen molar-refractivity contribution in [2.45, 2.75) is 13.0 Å². The molecule has 0 saturated carbocycles. The summed E-state index contributed by atoms with van der Waals surface area (Å²) in [6.07, 6.45) is 0. The maximum Gasteiger partial charge on any atom is 0.272 e. The molecule has 0 aliphatic carbocycles. The van der Waals surface area contributed by atoms with E-state index >= 15 is 0 Å². The monoisotopic (exact) mass is 502 g/mol. The lowest BCUT2D eigenvalue weighted by atomic mass is 9.97. The highest BCUT2D eigenvalue weighted by atomic mass is 79.9. The molecule has 0 aromatic heterocycles. The molecule has 7 nitrogen and oxygen atoms in total. The van der Waals surface area contributed by atoms with Crippen LogP contribution in [0.4, 0.5) is 17.1 Å². The van der Waals surface area contributed by atoms with E-state index in [2.05, 4.69) is 26.3 Å². The second kappa shape index (κ2) is 8.29. The molecule has 0 spiro atoms. The molecule has 164 valence electrons. The molecule has 2 atom stereocenters. The number of rotatable bonds is 4. The van der Waals surface area contributed by atoms with E-state index in [1.54, 1.807) is 48.5 Å².